The van der Waals surface area contributed by atoms with Crippen LogP contribution in [0.3, 0.4) is 0 Å². The van der Waals surface area contributed by atoms with E-state index in [2.05, 4.69) is 20.1 Å². The van der Waals surface area contributed by atoms with E-state index in [4.69, 9.17) is 0 Å². The molecule has 0 amide bonds. The summed E-state index contributed by atoms with van der Waals surface area (Å²) in [5.74, 6) is -0.666. The Balaban J connectivity index is 1.67. The second kappa shape index (κ2) is 8.29. The van der Waals surface area contributed by atoms with Crippen LogP contribution in [0.4, 0.5) is 4.39 Å². The minimum absolute atomic E-state index is 0.0753. The minimum Gasteiger partial charge on any atom is -0.481 e. The molecule has 0 aliphatic rings. The number of aromatic amines is 1. The SMILES string of the molecule is CCc1nn(Cc2ccc(-c3nc4c(C)cncc4[nH]3)cc2F)c(CC)c1CC(=O)O. The normalized spacial score (nSPS) is 11.4. The Morgan fingerprint density at radius 1 is 1.23 bits per heavy atom. The zero-order chi connectivity index (χ0) is 22.1. The molecular formula is C23H24FN5O2. The molecule has 1 aromatic carbocycles. The molecule has 0 saturated carbocycles. The van der Waals surface area contributed by atoms with Crippen molar-refractivity contribution >= 4 is 17.0 Å². The number of nitrogens with zero attached hydrogens (tertiary/aromatic N) is 4. The summed E-state index contributed by atoms with van der Waals surface area (Å²) < 4.78 is 16.7. The van der Waals surface area contributed by atoms with Crippen LogP contribution in [0.2, 0.25) is 0 Å². The van der Waals surface area contributed by atoms with Gasteiger partial charge in [0.2, 0.25) is 0 Å². The highest BCUT2D eigenvalue weighted by atomic mass is 19.1. The zero-order valence-corrected chi connectivity index (χ0v) is 17.7. The first-order valence-electron chi connectivity index (χ1n) is 10.3. The maximum atomic E-state index is 15.0. The van der Waals surface area contributed by atoms with Gasteiger partial charge in [-0.3, -0.25) is 14.5 Å². The largest absolute Gasteiger partial charge is 0.481 e. The second-order valence-electron chi connectivity index (χ2n) is 7.55. The van der Waals surface area contributed by atoms with Crippen LogP contribution in [0.5, 0.6) is 0 Å². The van der Waals surface area contributed by atoms with Crippen molar-refractivity contribution in [3.8, 4) is 11.4 Å². The molecule has 3 aromatic heterocycles. The molecule has 0 atom stereocenters. The first-order valence-corrected chi connectivity index (χ1v) is 10.3. The van der Waals surface area contributed by atoms with Crippen LogP contribution in [0, 0.1) is 12.7 Å². The van der Waals surface area contributed by atoms with Gasteiger partial charge in [-0.15, -0.1) is 0 Å². The molecule has 0 bridgehead atoms. The van der Waals surface area contributed by atoms with Gasteiger partial charge in [-0.25, -0.2) is 9.37 Å². The second-order valence-corrected chi connectivity index (χ2v) is 7.55. The van der Waals surface area contributed by atoms with Crippen molar-refractivity contribution in [3.05, 3.63) is 64.5 Å². The van der Waals surface area contributed by atoms with Crippen molar-refractivity contribution in [2.75, 3.05) is 0 Å². The van der Waals surface area contributed by atoms with Crippen LogP contribution < -0.4 is 0 Å². The van der Waals surface area contributed by atoms with Crippen molar-refractivity contribution in [2.24, 2.45) is 0 Å². The van der Waals surface area contributed by atoms with Gasteiger partial charge in [-0.1, -0.05) is 26.0 Å². The molecule has 0 radical (unpaired) electrons. The number of aliphatic carboxylic acids is 1. The Hall–Kier alpha value is -3.55. The van der Waals surface area contributed by atoms with Gasteiger partial charge >= 0.3 is 5.97 Å². The quantitative estimate of drug-likeness (QED) is 0.469. The number of hydrogen-bond donors (Lipinski definition) is 2. The first-order chi connectivity index (χ1) is 14.9. The lowest BCUT2D eigenvalue weighted by Gasteiger charge is -2.09. The van der Waals surface area contributed by atoms with Crippen LogP contribution in [0.1, 0.15) is 41.9 Å². The van der Waals surface area contributed by atoms with Gasteiger partial charge in [-0.05, 0) is 31.4 Å². The molecule has 0 spiro atoms. The lowest BCUT2D eigenvalue weighted by molar-refractivity contribution is -0.136. The number of pyridine rings is 1. The Bertz CT molecular complexity index is 1270. The molecule has 0 aliphatic heterocycles. The lowest BCUT2D eigenvalue weighted by atomic mass is 10.1. The molecule has 8 heteroatoms. The number of rotatable bonds is 7. The van der Waals surface area contributed by atoms with Crippen LogP contribution in [0.15, 0.2) is 30.6 Å². The van der Waals surface area contributed by atoms with E-state index < -0.39 is 5.97 Å². The van der Waals surface area contributed by atoms with E-state index in [9.17, 15) is 9.90 Å². The van der Waals surface area contributed by atoms with Crippen molar-refractivity contribution in [1.29, 1.82) is 0 Å². The fourth-order valence-corrected chi connectivity index (χ4v) is 3.94. The highest BCUT2D eigenvalue weighted by Crippen LogP contribution is 2.25. The summed E-state index contributed by atoms with van der Waals surface area (Å²) in [5, 5.41) is 13.8. The summed E-state index contributed by atoms with van der Waals surface area (Å²) in [6.07, 6.45) is 4.63. The van der Waals surface area contributed by atoms with E-state index in [1.165, 1.54) is 6.07 Å². The van der Waals surface area contributed by atoms with Gasteiger partial charge in [0.1, 0.15) is 11.6 Å². The number of H-pyrrole nitrogens is 1. The van der Waals surface area contributed by atoms with Crippen LogP contribution >= 0.6 is 0 Å². The zero-order valence-electron chi connectivity index (χ0n) is 17.7. The van der Waals surface area contributed by atoms with Gasteiger partial charge in [0, 0.05) is 28.6 Å². The Morgan fingerprint density at radius 3 is 2.68 bits per heavy atom. The molecule has 0 aliphatic carbocycles. The van der Waals surface area contributed by atoms with Crippen molar-refractivity contribution < 1.29 is 14.3 Å². The molecule has 2 N–H and O–H groups in total. The lowest BCUT2D eigenvalue weighted by Crippen LogP contribution is -2.09. The highest BCUT2D eigenvalue weighted by Gasteiger charge is 2.19. The molecule has 31 heavy (non-hydrogen) atoms. The maximum absolute atomic E-state index is 15.0. The predicted molar refractivity (Wildman–Crippen MR) is 115 cm³/mol. The smallest absolute Gasteiger partial charge is 0.307 e. The third-order valence-corrected chi connectivity index (χ3v) is 5.47. The molecule has 4 aromatic rings. The molecule has 160 valence electrons. The van der Waals surface area contributed by atoms with E-state index in [1.54, 1.807) is 23.1 Å². The highest BCUT2D eigenvalue weighted by molar-refractivity contribution is 5.81. The molecule has 0 fully saturated rings. The maximum Gasteiger partial charge on any atom is 0.307 e. The summed E-state index contributed by atoms with van der Waals surface area (Å²) in [4.78, 5) is 23.2. The number of hydrogen-bond acceptors (Lipinski definition) is 4. The fraction of sp³-hybridized carbons (Fsp3) is 0.304. The topological polar surface area (TPSA) is 96.7 Å². The van der Waals surface area contributed by atoms with Crippen molar-refractivity contribution in [3.63, 3.8) is 0 Å². The fourth-order valence-electron chi connectivity index (χ4n) is 3.94. The predicted octanol–water partition coefficient (Wildman–Crippen LogP) is 4.07. The van der Waals surface area contributed by atoms with Gasteiger partial charge in [-0.2, -0.15) is 5.10 Å². The number of fused-ring (bicyclic) bond motifs is 1. The van der Waals surface area contributed by atoms with Gasteiger partial charge < -0.3 is 10.1 Å². The molecule has 4 rings (SSSR count). The van der Waals surface area contributed by atoms with Crippen LogP contribution in [-0.4, -0.2) is 35.8 Å². The molecule has 3 heterocycles. The minimum atomic E-state index is -0.893. The number of aromatic nitrogens is 5. The summed E-state index contributed by atoms with van der Waals surface area (Å²) in [5.41, 5.74) is 6.03. The first kappa shape index (κ1) is 20.7. The van der Waals surface area contributed by atoms with E-state index in [1.807, 2.05) is 26.8 Å². The average Bonchev–Trinajstić information content (AvgIpc) is 3.31. The van der Waals surface area contributed by atoms with E-state index in [0.717, 1.165) is 33.5 Å². The number of aryl methyl sites for hydroxylation is 2. The van der Waals surface area contributed by atoms with Crippen LogP contribution in [0.25, 0.3) is 22.4 Å². The van der Waals surface area contributed by atoms with Crippen molar-refractivity contribution in [2.45, 2.75) is 46.6 Å². The Morgan fingerprint density at radius 2 is 2.03 bits per heavy atom. The van der Waals surface area contributed by atoms with Crippen LogP contribution in [-0.2, 0) is 30.6 Å². The summed E-state index contributed by atoms with van der Waals surface area (Å²) in [6.45, 7) is 6.07. The van der Waals surface area contributed by atoms with Gasteiger partial charge in [0.15, 0.2) is 0 Å². The number of benzene rings is 1. The Kier molecular flexibility index (Phi) is 5.54. The number of carboxylic acids is 1. The molecule has 0 unspecified atom stereocenters. The van der Waals surface area contributed by atoms with Crippen molar-refractivity contribution in [1.82, 2.24) is 24.7 Å². The molecule has 0 saturated heterocycles. The molecule has 7 nitrogen and oxygen atoms in total. The summed E-state index contributed by atoms with van der Waals surface area (Å²) in [7, 11) is 0. The van der Waals surface area contributed by atoms with E-state index in [-0.39, 0.29) is 18.8 Å². The number of carboxylic acid groups (broad SMARTS) is 1. The number of halogens is 1. The summed E-state index contributed by atoms with van der Waals surface area (Å²) in [6, 6.07) is 5.02. The monoisotopic (exact) mass is 421 g/mol. The summed E-state index contributed by atoms with van der Waals surface area (Å²) >= 11 is 0. The van der Waals surface area contributed by atoms with Gasteiger partial charge in [0.05, 0.1) is 35.9 Å². The van der Waals surface area contributed by atoms with E-state index >= 15 is 4.39 Å². The van der Waals surface area contributed by atoms with Gasteiger partial charge in [0.25, 0.3) is 0 Å². The standard InChI is InChI=1S/C23H24FN5O2/c1-4-18-16(9-21(30)31)20(5-2)29(28-18)12-15-7-6-14(8-17(15)24)23-26-19-11-25-10-13(3)22(19)27-23/h6-8,10-11H,4-5,9,12H2,1-3H3,(H,26,27)(H,30,31). The number of nitrogens with one attached hydrogen (secondary N) is 1. The number of imidazole rings is 1. The van der Waals surface area contributed by atoms with E-state index in [0.29, 0.717) is 29.8 Å². The third kappa shape index (κ3) is 3.93. The average molecular weight is 421 g/mol. The Labute approximate surface area is 179 Å². The third-order valence-electron chi connectivity index (χ3n) is 5.47. The molecular weight excluding hydrogens is 397 g/mol. The number of carbonyl (C=O) groups is 1.